The van der Waals surface area contributed by atoms with Gasteiger partial charge in [-0.2, -0.15) is 0 Å². The van der Waals surface area contributed by atoms with E-state index in [2.05, 4.69) is 5.32 Å². The zero-order chi connectivity index (χ0) is 50.5. The molecule has 1 saturated heterocycles. The minimum atomic E-state index is -2.26. The molecule has 2 aromatic rings. The van der Waals surface area contributed by atoms with Crippen molar-refractivity contribution in [1.82, 2.24) is 5.32 Å². The van der Waals surface area contributed by atoms with Crippen LogP contribution in [-0.4, -0.2) is 117 Å². The molecule has 2 aromatic carbocycles. The van der Waals surface area contributed by atoms with E-state index in [0.717, 1.165) is 0 Å². The molecular formula is C52H75NO13S. The number of aliphatic hydroxyl groups is 3. The molecule has 2 bridgehead atoms. The Kier molecular flexibility index (Phi) is 15.5. The molecule has 5 unspecified atom stereocenters. The predicted octanol–water partition coefficient (Wildman–Crippen LogP) is 7.75. The van der Waals surface area contributed by atoms with Gasteiger partial charge in [0.05, 0.1) is 35.8 Å². The van der Waals surface area contributed by atoms with Crippen LogP contribution < -0.4 is 5.32 Å². The number of hydrogen-bond donors (Lipinski definition) is 4. The number of ketones is 2. The number of hydrogen-bond acceptors (Lipinski definition) is 13. The molecule has 3 aliphatic carbocycles. The van der Waals surface area contributed by atoms with Gasteiger partial charge < -0.3 is 48.6 Å². The number of fused-ring (bicyclic) bond motifs is 5. The van der Waals surface area contributed by atoms with Crippen molar-refractivity contribution in [3.05, 3.63) is 82.9 Å². The Morgan fingerprint density at radius 2 is 1.48 bits per heavy atom. The first-order valence-corrected chi connectivity index (χ1v) is 25.7. The van der Waals surface area contributed by atoms with E-state index in [1.807, 2.05) is 47.1 Å². The summed E-state index contributed by atoms with van der Waals surface area (Å²) in [6, 6.07) is 15.7. The van der Waals surface area contributed by atoms with E-state index in [9.17, 15) is 29.7 Å². The number of aliphatic hydroxyl groups excluding tert-OH is 2. The second-order valence-corrected chi connectivity index (χ2v) is 25.4. The molecule has 2 saturated carbocycles. The predicted molar refractivity (Wildman–Crippen MR) is 256 cm³/mol. The molecule has 3 fully saturated rings. The summed E-state index contributed by atoms with van der Waals surface area (Å²) in [4.78, 5) is 71.7. The Hall–Kier alpha value is -4.12. The average molecular weight is 954 g/mol. The first-order chi connectivity index (χ1) is 30.9. The molecule has 1 aliphatic heterocycles. The van der Waals surface area contributed by atoms with Gasteiger partial charge in [-0.15, -0.1) is 10.3 Å². The SMILES string of the molecule is CC.CC(=O)C[C@@]12COC1CC(O)[C@@]1(C)C(=O)C(O)C3=C(C)[C@@H](OC(=O)[C@H](OS(C)(C)C(C)(C)C)[C@@H](NC(=O)OC(C)(C)C)c4ccccc4)CC(O)([C@@H](OC(=O)c4ccccc4)C21)C3(C)C. The standard InChI is InChI=1S/C50H69NO13S.C2H6/c1-28(52)25-49-27-60-34(49)24-33(53)48(11)39(49)41(62-42(56)31-22-18-15-19-23-31)50(59)26-32(29(2)35(47(50,9)10)37(54)40(48)55)61-43(57)38(64-65(12,13)46(6,7)8)36(30-20-16-14-17-21-30)51-44(58)63-45(3,4)5;1-2/h14-23,32-34,36-39,41,53-54,59H,24-27H2,1-13H3,(H,51,58);1-2H3/t32-,33?,34?,36-,37?,38+,39?,41-,48+,49+,50?;/m0./s1. The van der Waals surface area contributed by atoms with Gasteiger partial charge in [0, 0.05) is 40.8 Å². The number of ether oxygens (including phenoxy) is 4. The highest BCUT2D eigenvalue weighted by Crippen LogP contribution is 2.67. The number of alkyl carbamates (subject to hydrolysis) is 1. The largest absolute Gasteiger partial charge is 0.456 e. The molecule has 67 heavy (non-hydrogen) atoms. The Labute approximate surface area is 398 Å². The molecule has 0 spiro atoms. The second-order valence-electron chi connectivity index (χ2n) is 21.6. The number of esters is 2. The van der Waals surface area contributed by atoms with E-state index >= 15 is 9.59 Å². The van der Waals surface area contributed by atoms with Crippen molar-refractivity contribution in [3.8, 4) is 0 Å². The molecule has 14 nitrogen and oxygen atoms in total. The van der Waals surface area contributed by atoms with Crippen LogP contribution in [0.2, 0.25) is 0 Å². The van der Waals surface area contributed by atoms with Gasteiger partial charge in [-0.25, -0.2) is 14.4 Å². The van der Waals surface area contributed by atoms with Gasteiger partial charge in [-0.1, -0.05) is 97.0 Å². The number of nitrogens with one attached hydrogen (secondary N) is 1. The van der Waals surface area contributed by atoms with Gasteiger partial charge in [0.1, 0.15) is 35.3 Å². The van der Waals surface area contributed by atoms with Crippen molar-refractivity contribution in [1.29, 1.82) is 0 Å². The first kappa shape index (κ1) is 53.8. The lowest BCUT2D eigenvalue weighted by atomic mass is 9.41. The molecule has 1 amide bonds. The number of amides is 1. The van der Waals surface area contributed by atoms with Crippen LogP contribution in [0.3, 0.4) is 0 Å². The normalized spacial score (nSPS) is 31.3. The minimum Gasteiger partial charge on any atom is -0.456 e. The maximum atomic E-state index is 15.3. The Bertz CT molecular complexity index is 2200. The third-order valence-corrected chi connectivity index (χ3v) is 18.5. The van der Waals surface area contributed by atoms with E-state index in [1.165, 1.54) is 13.8 Å². The summed E-state index contributed by atoms with van der Waals surface area (Å²) in [5.41, 5.74) is -6.89. The summed E-state index contributed by atoms with van der Waals surface area (Å²) in [5, 5.41) is 41.2. The highest BCUT2D eigenvalue weighted by Gasteiger charge is 2.76. The molecule has 1 heterocycles. The molecule has 11 atom stereocenters. The molecule has 372 valence electrons. The zero-order valence-corrected chi connectivity index (χ0v) is 42.9. The fourth-order valence-corrected chi connectivity index (χ4v) is 11.6. The van der Waals surface area contributed by atoms with Gasteiger partial charge in [0.15, 0.2) is 11.9 Å². The summed E-state index contributed by atoms with van der Waals surface area (Å²) in [5.74, 6) is -4.11. The monoisotopic (exact) mass is 953 g/mol. The third-order valence-electron chi connectivity index (χ3n) is 14.8. The lowest BCUT2D eigenvalue weighted by molar-refractivity contribution is -0.319. The Balaban J connectivity index is 0.00000414. The fraction of sp³-hybridized carbons (Fsp3) is 0.635. The van der Waals surface area contributed by atoms with E-state index in [0.29, 0.717) is 5.56 Å². The van der Waals surface area contributed by atoms with Crippen molar-refractivity contribution in [2.45, 2.75) is 168 Å². The van der Waals surface area contributed by atoms with Gasteiger partial charge in [-0.3, -0.25) is 4.79 Å². The molecule has 6 rings (SSSR count). The maximum Gasteiger partial charge on any atom is 0.408 e. The van der Waals surface area contributed by atoms with Crippen molar-refractivity contribution in [3.63, 3.8) is 0 Å². The van der Waals surface area contributed by atoms with Crippen LogP contribution in [0.1, 0.15) is 131 Å². The van der Waals surface area contributed by atoms with Gasteiger partial charge in [0.2, 0.25) is 0 Å². The average Bonchev–Trinajstić information content (AvgIpc) is 3.23. The van der Waals surface area contributed by atoms with Crippen molar-refractivity contribution in [2.24, 2.45) is 22.2 Å². The molecule has 4 N–H and O–H groups in total. The number of rotatable bonds is 11. The highest BCUT2D eigenvalue weighted by atomic mass is 32.3. The second kappa shape index (κ2) is 19.3. The van der Waals surface area contributed by atoms with Crippen LogP contribution in [0.5, 0.6) is 0 Å². The van der Waals surface area contributed by atoms with E-state index in [1.54, 1.807) is 102 Å². The van der Waals surface area contributed by atoms with Crippen molar-refractivity contribution < 1.29 is 62.4 Å². The molecule has 0 radical (unpaired) electrons. The minimum absolute atomic E-state index is 0.0268. The van der Waals surface area contributed by atoms with Crippen LogP contribution in [0.4, 0.5) is 4.79 Å². The zero-order valence-electron chi connectivity index (χ0n) is 42.1. The number of carbonyl (C=O) groups is 5. The van der Waals surface area contributed by atoms with Gasteiger partial charge in [-0.05, 0) is 82.9 Å². The van der Waals surface area contributed by atoms with Crippen LogP contribution >= 0.6 is 10.3 Å². The molecule has 4 aliphatic rings. The molecule has 0 aromatic heterocycles. The van der Waals surface area contributed by atoms with Crippen molar-refractivity contribution >= 4 is 39.9 Å². The molecular weight excluding hydrogens is 879 g/mol. The summed E-state index contributed by atoms with van der Waals surface area (Å²) in [6.45, 7) is 22.8. The van der Waals surface area contributed by atoms with E-state index in [-0.39, 0.29) is 41.9 Å². The maximum absolute atomic E-state index is 15.3. The third kappa shape index (κ3) is 9.88. The smallest absolute Gasteiger partial charge is 0.408 e. The molecule has 15 heteroatoms. The fourth-order valence-electron chi connectivity index (χ4n) is 10.6. The number of carbonyl (C=O) groups excluding carboxylic acids is 5. The van der Waals surface area contributed by atoms with Crippen LogP contribution in [-0.2, 0) is 37.5 Å². The summed E-state index contributed by atoms with van der Waals surface area (Å²) in [7, 11) is -2.15. The Morgan fingerprint density at radius 1 is 0.910 bits per heavy atom. The summed E-state index contributed by atoms with van der Waals surface area (Å²) >= 11 is 0. The van der Waals surface area contributed by atoms with Gasteiger partial charge in [0.25, 0.3) is 0 Å². The van der Waals surface area contributed by atoms with E-state index in [4.69, 9.17) is 23.1 Å². The quantitative estimate of drug-likeness (QED) is 0.0968. The lowest BCUT2D eigenvalue weighted by Gasteiger charge is -2.68. The summed E-state index contributed by atoms with van der Waals surface area (Å²) in [6.07, 6.45) is -6.31. The van der Waals surface area contributed by atoms with Crippen molar-refractivity contribution in [2.75, 3.05) is 19.1 Å². The highest BCUT2D eigenvalue weighted by molar-refractivity contribution is 8.29. The summed E-state index contributed by atoms with van der Waals surface area (Å²) < 4.78 is 31.1. The van der Waals surface area contributed by atoms with Crippen LogP contribution in [0.15, 0.2) is 71.8 Å². The lowest BCUT2D eigenvalue weighted by Crippen LogP contribution is -2.78. The Morgan fingerprint density at radius 3 is 1.99 bits per heavy atom. The first-order valence-electron chi connectivity index (χ1n) is 23.3. The van der Waals surface area contributed by atoms with Crippen LogP contribution in [0, 0.1) is 22.2 Å². The number of Topliss-reactive ketones (excluding diaryl/α,β-unsaturated/α-hetero) is 2. The van der Waals surface area contributed by atoms with Gasteiger partial charge >= 0.3 is 18.0 Å². The topological polar surface area (TPSA) is 204 Å². The van der Waals surface area contributed by atoms with Crippen LogP contribution in [0.25, 0.3) is 0 Å². The van der Waals surface area contributed by atoms with E-state index < -0.39 is 121 Å². The number of benzene rings is 2.